The fraction of sp³-hybridized carbons (Fsp3) is 0.167. The Kier molecular flexibility index (Phi) is 3.05. The van der Waals surface area contributed by atoms with Gasteiger partial charge in [0.05, 0.1) is 23.8 Å². The first-order valence-corrected chi connectivity index (χ1v) is 5.19. The van der Waals surface area contributed by atoms with Gasteiger partial charge in [-0.05, 0) is 24.3 Å². The van der Waals surface area contributed by atoms with Crippen molar-refractivity contribution in [2.45, 2.75) is 6.18 Å². The highest BCUT2D eigenvalue weighted by Crippen LogP contribution is 2.35. The van der Waals surface area contributed by atoms with Gasteiger partial charge in [0.1, 0.15) is 5.82 Å². The van der Waals surface area contributed by atoms with Crippen LogP contribution in [-0.2, 0) is 10.9 Å². The van der Waals surface area contributed by atoms with E-state index in [1.54, 1.807) is 0 Å². The number of anilines is 1. The van der Waals surface area contributed by atoms with Gasteiger partial charge in [-0.25, -0.2) is 9.78 Å². The summed E-state index contributed by atoms with van der Waals surface area (Å²) in [7, 11) is 1.15. The van der Waals surface area contributed by atoms with Gasteiger partial charge in [-0.3, -0.25) is 0 Å². The molecule has 0 fully saturated rings. The Morgan fingerprint density at radius 1 is 1.26 bits per heavy atom. The lowest BCUT2D eigenvalue weighted by Gasteiger charge is -2.12. The lowest BCUT2D eigenvalue weighted by molar-refractivity contribution is -0.136. The lowest BCUT2D eigenvalue weighted by Crippen LogP contribution is -2.10. The molecular weight excluding hydrogens is 261 g/mol. The Balaban J connectivity index is 2.83. The number of aromatic nitrogens is 1. The maximum Gasteiger partial charge on any atom is 0.418 e. The summed E-state index contributed by atoms with van der Waals surface area (Å²) in [6.07, 6.45) is -4.58. The van der Waals surface area contributed by atoms with Gasteiger partial charge < -0.3 is 10.5 Å². The zero-order chi connectivity index (χ0) is 14.2. The quantitative estimate of drug-likeness (QED) is 0.809. The summed E-state index contributed by atoms with van der Waals surface area (Å²) in [5.41, 5.74) is 4.10. The Labute approximate surface area is 106 Å². The topological polar surface area (TPSA) is 65.2 Å². The summed E-state index contributed by atoms with van der Waals surface area (Å²) in [4.78, 5) is 15.2. The number of halogens is 3. The van der Waals surface area contributed by atoms with E-state index in [1.165, 1.54) is 12.1 Å². The van der Waals surface area contributed by atoms with Gasteiger partial charge in [-0.2, -0.15) is 13.2 Å². The van der Waals surface area contributed by atoms with Crippen LogP contribution in [0.25, 0.3) is 10.9 Å². The number of nitrogens with zero attached hydrogens (tertiary/aromatic N) is 1. The predicted molar refractivity (Wildman–Crippen MR) is 62.5 cm³/mol. The van der Waals surface area contributed by atoms with Crippen molar-refractivity contribution in [2.24, 2.45) is 0 Å². The van der Waals surface area contributed by atoms with E-state index in [9.17, 15) is 18.0 Å². The highest BCUT2D eigenvalue weighted by molar-refractivity contribution is 6.04. The molecule has 1 aromatic carbocycles. The molecule has 4 nitrogen and oxygen atoms in total. The first-order chi connectivity index (χ1) is 8.84. The molecule has 0 atom stereocenters. The summed E-state index contributed by atoms with van der Waals surface area (Å²) in [6.45, 7) is 0. The Hall–Kier alpha value is -2.31. The zero-order valence-corrected chi connectivity index (χ0v) is 9.78. The molecule has 2 aromatic rings. The number of carbonyl (C=O) groups excluding carboxylic acids is 1. The number of pyridine rings is 1. The van der Waals surface area contributed by atoms with Crippen LogP contribution in [-0.4, -0.2) is 18.1 Å². The molecule has 0 aliphatic heterocycles. The molecule has 0 spiro atoms. The Morgan fingerprint density at radius 3 is 2.53 bits per heavy atom. The second-order valence-electron chi connectivity index (χ2n) is 3.78. The molecule has 100 valence electrons. The number of nitrogens with two attached hydrogens (primary N) is 1. The summed E-state index contributed by atoms with van der Waals surface area (Å²) < 4.78 is 43.1. The van der Waals surface area contributed by atoms with Crippen LogP contribution >= 0.6 is 0 Å². The molecule has 0 unspecified atom stereocenters. The maximum absolute atomic E-state index is 12.9. The van der Waals surface area contributed by atoms with E-state index in [1.807, 2.05) is 0 Å². The van der Waals surface area contributed by atoms with Gasteiger partial charge in [0, 0.05) is 5.39 Å². The standard InChI is InChI=1S/C12H9F3N2O2/c1-19-11(18)7-2-4-8(12(13,14)15)10-6(7)3-5-9(16)17-10/h2-5H,1H3,(H2,16,17). The highest BCUT2D eigenvalue weighted by atomic mass is 19.4. The van der Waals surface area contributed by atoms with Crippen molar-refractivity contribution in [1.29, 1.82) is 0 Å². The molecule has 0 aliphatic carbocycles. The molecule has 2 N–H and O–H groups in total. The molecule has 0 amide bonds. The number of hydrogen-bond acceptors (Lipinski definition) is 4. The fourth-order valence-electron chi connectivity index (χ4n) is 1.75. The number of hydrogen-bond donors (Lipinski definition) is 1. The number of carbonyl (C=O) groups is 1. The van der Waals surface area contributed by atoms with Gasteiger partial charge in [-0.15, -0.1) is 0 Å². The molecule has 1 heterocycles. The summed E-state index contributed by atoms with van der Waals surface area (Å²) in [5, 5.41) is 0.0517. The summed E-state index contributed by atoms with van der Waals surface area (Å²) in [5.74, 6) is -0.787. The van der Waals surface area contributed by atoms with Crippen LogP contribution in [0, 0.1) is 0 Å². The first-order valence-electron chi connectivity index (χ1n) is 5.19. The number of esters is 1. The van der Waals surface area contributed by atoms with Gasteiger partial charge in [0.25, 0.3) is 0 Å². The number of alkyl halides is 3. The van der Waals surface area contributed by atoms with Gasteiger partial charge in [0.15, 0.2) is 0 Å². The van der Waals surface area contributed by atoms with Gasteiger partial charge in [-0.1, -0.05) is 0 Å². The van der Waals surface area contributed by atoms with E-state index < -0.39 is 17.7 Å². The van der Waals surface area contributed by atoms with Crippen molar-refractivity contribution in [3.8, 4) is 0 Å². The molecule has 0 saturated heterocycles. The van der Waals surface area contributed by atoms with Crippen LogP contribution in [0.1, 0.15) is 15.9 Å². The molecule has 0 bridgehead atoms. The molecule has 0 radical (unpaired) electrons. The third-order valence-electron chi connectivity index (χ3n) is 2.59. The molecule has 19 heavy (non-hydrogen) atoms. The van der Waals surface area contributed by atoms with E-state index in [-0.39, 0.29) is 22.3 Å². The average Bonchev–Trinajstić information content (AvgIpc) is 2.34. The minimum absolute atomic E-state index is 0.0120. The van der Waals surface area contributed by atoms with Crippen molar-refractivity contribution >= 4 is 22.7 Å². The minimum Gasteiger partial charge on any atom is -0.465 e. The van der Waals surface area contributed by atoms with Crippen molar-refractivity contribution in [3.63, 3.8) is 0 Å². The minimum atomic E-state index is -4.58. The van der Waals surface area contributed by atoms with Crippen LogP contribution in [0.3, 0.4) is 0 Å². The van der Waals surface area contributed by atoms with E-state index in [4.69, 9.17) is 5.73 Å². The third-order valence-corrected chi connectivity index (χ3v) is 2.59. The van der Waals surface area contributed by atoms with Gasteiger partial charge in [0.2, 0.25) is 0 Å². The Morgan fingerprint density at radius 2 is 1.95 bits per heavy atom. The number of benzene rings is 1. The van der Waals surface area contributed by atoms with Crippen LogP contribution in [0.4, 0.5) is 19.0 Å². The average molecular weight is 270 g/mol. The third kappa shape index (κ3) is 2.31. The first kappa shape index (κ1) is 13.1. The van der Waals surface area contributed by atoms with E-state index in [0.717, 1.165) is 19.2 Å². The molecule has 0 saturated carbocycles. The number of nitrogen functional groups attached to an aromatic ring is 1. The summed E-state index contributed by atoms with van der Waals surface area (Å²) >= 11 is 0. The van der Waals surface area contributed by atoms with Crippen LogP contribution < -0.4 is 5.73 Å². The smallest absolute Gasteiger partial charge is 0.418 e. The monoisotopic (exact) mass is 270 g/mol. The summed E-state index contributed by atoms with van der Waals surface area (Å²) in [6, 6.07) is 4.50. The van der Waals surface area contributed by atoms with Crippen molar-refractivity contribution in [3.05, 3.63) is 35.4 Å². The number of ether oxygens (including phenoxy) is 1. The molecule has 2 rings (SSSR count). The fourth-order valence-corrected chi connectivity index (χ4v) is 1.75. The SMILES string of the molecule is COC(=O)c1ccc(C(F)(F)F)c2nc(N)ccc12. The van der Waals surface area contributed by atoms with Crippen molar-refractivity contribution in [2.75, 3.05) is 12.8 Å². The zero-order valence-electron chi connectivity index (χ0n) is 9.78. The second kappa shape index (κ2) is 4.42. The molecular formula is C12H9F3N2O2. The second-order valence-corrected chi connectivity index (χ2v) is 3.78. The van der Waals surface area contributed by atoms with Crippen molar-refractivity contribution in [1.82, 2.24) is 4.98 Å². The van der Waals surface area contributed by atoms with Crippen LogP contribution in [0.2, 0.25) is 0 Å². The lowest BCUT2D eigenvalue weighted by atomic mass is 10.0. The van der Waals surface area contributed by atoms with E-state index >= 15 is 0 Å². The van der Waals surface area contributed by atoms with E-state index in [2.05, 4.69) is 9.72 Å². The molecule has 7 heteroatoms. The largest absolute Gasteiger partial charge is 0.465 e. The Bertz CT molecular complexity index is 653. The van der Waals surface area contributed by atoms with Crippen molar-refractivity contribution < 1.29 is 22.7 Å². The van der Waals surface area contributed by atoms with Crippen LogP contribution in [0.5, 0.6) is 0 Å². The number of methoxy groups -OCH3 is 1. The maximum atomic E-state index is 12.9. The molecule has 1 aromatic heterocycles. The normalized spacial score (nSPS) is 11.6. The van der Waals surface area contributed by atoms with Crippen LogP contribution in [0.15, 0.2) is 24.3 Å². The number of fused-ring (bicyclic) bond motifs is 1. The highest BCUT2D eigenvalue weighted by Gasteiger charge is 2.34. The van der Waals surface area contributed by atoms with E-state index in [0.29, 0.717) is 0 Å². The predicted octanol–water partition coefficient (Wildman–Crippen LogP) is 2.62. The molecule has 0 aliphatic rings. The number of rotatable bonds is 1. The van der Waals surface area contributed by atoms with Gasteiger partial charge >= 0.3 is 12.1 Å².